The van der Waals surface area contributed by atoms with Crippen LogP contribution >= 0.6 is 15.9 Å². The normalized spacial score (nSPS) is 20.4. The van der Waals surface area contributed by atoms with Gasteiger partial charge in [-0.1, -0.05) is 22.0 Å². The Morgan fingerprint density at radius 2 is 2.22 bits per heavy atom. The van der Waals surface area contributed by atoms with Crippen molar-refractivity contribution in [1.82, 2.24) is 0 Å². The Hall–Kier alpha value is -0.343. The van der Waals surface area contributed by atoms with Gasteiger partial charge >= 0.3 is 24.8 Å². The summed E-state index contributed by atoms with van der Waals surface area (Å²) in [6.45, 7) is 2.15. The second kappa shape index (κ2) is 7.30. The third-order valence-electron chi connectivity index (χ3n) is 2.74. The molecule has 0 spiro atoms. The average molecular weight is 311 g/mol. The van der Waals surface area contributed by atoms with Crippen LogP contribution in [0.15, 0.2) is 22.7 Å². The molecule has 18 heavy (non-hydrogen) atoms. The Labute approximate surface area is 126 Å². The molecule has 3 nitrogen and oxygen atoms in total. The van der Waals surface area contributed by atoms with Crippen LogP contribution in [0.5, 0.6) is 0 Å². The van der Waals surface area contributed by atoms with Crippen molar-refractivity contribution in [2.45, 2.75) is 19.3 Å². The molecule has 0 bridgehead atoms. The Bertz CT molecular complexity index is 428. The second-order valence-electron chi connectivity index (χ2n) is 3.87. The molecule has 1 aliphatic carbocycles. The zero-order valence-electron chi connectivity index (χ0n) is 10.3. The zero-order valence-corrected chi connectivity index (χ0v) is 11.9. The molecular weight excluding hydrogens is 298 g/mol. The maximum atomic E-state index is 13.6. The van der Waals surface area contributed by atoms with Gasteiger partial charge in [-0.2, -0.15) is 0 Å². The molecule has 0 unspecified atom stereocenters. The largest absolute Gasteiger partial charge is 1.00 e. The molecule has 6 heteroatoms. The topological polar surface area (TPSA) is 56.3 Å². The first kappa shape index (κ1) is 17.7. The third-order valence-corrected chi connectivity index (χ3v) is 3.24. The summed E-state index contributed by atoms with van der Waals surface area (Å²) < 4.78 is 19.2. The van der Waals surface area contributed by atoms with Gasteiger partial charge in [0.15, 0.2) is 0 Å². The number of carbonyl (C=O) groups excluding carboxylic acids is 1. The van der Waals surface area contributed by atoms with E-state index < -0.39 is 0 Å². The van der Waals surface area contributed by atoms with Crippen molar-refractivity contribution in [3.8, 4) is 0 Å². The van der Waals surface area contributed by atoms with E-state index in [1.807, 2.05) is 0 Å². The van der Waals surface area contributed by atoms with Gasteiger partial charge in [-0.05, 0) is 31.0 Å². The predicted octanol–water partition coefficient (Wildman–Crippen LogP) is 0.0820. The molecule has 0 radical (unpaired) electrons. The number of hydrogen-bond acceptors (Lipinski definition) is 3. The first-order chi connectivity index (χ1) is 7.63. The first-order valence-electron chi connectivity index (χ1n) is 5.25. The minimum atomic E-state index is -0.258. The minimum absolute atomic E-state index is 0. The van der Waals surface area contributed by atoms with Gasteiger partial charge in [0, 0.05) is 10.4 Å². The molecular formula is C12H13BrFLiO3. The van der Waals surface area contributed by atoms with E-state index in [0.717, 1.165) is 0 Å². The summed E-state index contributed by atoms with van der Waals surface area (Å²) in [5.41, 5.74) is 0.612. The van der Waals surface area contributed by atoms with Gasteiger partial charge in [0.2, 0.25) is 0 Å². The molecule has 1 saturated carbocycles. The van der Waals surface area contributed by atoms with Gasteiger partial charge in [-0.15, -0.1) is 0 Å². The monoisotopic (exact) mass is 310 g/mol. The number of ether oxygens (including phenoxy) is 1. The Morgan fingerprint density at radius 1 is 1.56 bits per heavy atom. The van der Waals surface area contributed by atoms with Crippen molar-refractivity contribution in [2.75, 3.05) is 6.61 Å². The van der Waals surface area contributed by atoms with Crippen molar-refractivity contribution >= 4 is 21.9 Å². The Kier molecular flexibility index (Phi) is 7.16. The van der Waals surface area contributed by atoms with Crippen LogP contribution in [0.1, 0.15) is 24.8 Å². The molecule has 1 fully saturated rings. The van der Waals surface area contributed by atoms with Gasteiger partial charge < -0.3 is 10.2 Å². The molecule has 0 heterocycles. The Morgan fingerprint density at radius 3 is 2.78 bits per heavy atom. The van der Waals surface area contributed by atoms with Crippen molar-refractivity contribution in [2.24, 2.45) is 5.92 Å². The SMILES string of the molecule is CCOC(=O)[C@@H]1C[C@H]1c1ccc(Br)cc1F.[Li+].[OH-]. The standard InChI is InChI=1S/C12H12BrFO2.Li.H2O/c1-2-16-12(15)10-6-9(10)8-4-3-7(13)5-11(8)14;;/h3-5,9-10H,2,6H2,1H3;;1H2/q;+1;/p-1/t9-,10+;;/m0../s1. The van der Waals surface area contributed by atoms with Gasteiger partial charge in [0.05, 0.1) is 12.5 Å². The van der Waals surface area contributed by atoms with Crippen LogP contribution in [0.3, 0.4) is 0 Å². The number of halogens is 2. The fraction of sp³-hybridized carbons (Fsp3) is 0.417. The summed E-state index contributed by atoms with van der Waals surface area (Å²) >= 11 is 3.20. The maximum Gasteiger partial charge on any atom is 1.00 e. The molecule has 2 atom stereocenters. The molecule has 94 valence electrons. The van der Waals surface area contributed by atoms with E-state index in [1.54, 1.807) is 19.1 Å². The summed E-state index contributed by atoms with van der Waals surface area (Å²) in [4.78, 5) is 11.4. The predicted molar refractivity (Wildman–Crippen MR) is 63.5 cm³/mol. The maximum absolute atomic E-state index is 13.6. The summed E-state index contributed by atoms with van der Waals surface area (Å²) in [7, 11) is 0. The van der Waals surface area contributed by atoms with Crippen LogP contribution in [0.4, 0.5) is 4.39 Å². The Balaban J connectivity index is 0.00000144. The van der Waals surface area contributed by atoms with E-state index >= 15 is 0 Å². The van der Waals surface area contributed by atoms with Crippen molar-refractivity contribution < 1.29 is 38.3 Å². The van der Waals surface area contributed by atoms with Gasteiger partial charge in [-0.3, -0.25) is 4.79 Å². The summed E-state index contributed by atoms with van der Waals surface area (Å²) in [5.74, 6) is -0.635. The van der Waals surface area contributed by atoms with Crippen LogP contribution in [-0.4, -0.2) is 18.1 Å². The van der Waals surface area contributed by atoms with E-state index in [9.17, 15) is 9.18 Å². The smallest absolute Gasteiger partial charge is 0.870 e. The zero-order chi connectivity index (χ0) is 11.7. The number of rotatable bonds is 3. The molecule has 2 rings (SSSR count). The van der Waals surface area contributed by atoms with E-state index in [1.165, 1.54) is 6.07 Å². The molecule has 1 N–H and O–H groups in total. The van der Waals surface area contributed by atoms with Crippen LogP contribution < -0.4 is 18.9 Å². The van der Waals surface area contributed by atoms with Crippen LogP contribution in [0.25, 0.3) is 0 Å². The summed E-state index contributed by atoms with van der Waals surface area (Å²) in [5, 5.41) is 0. The fourth-order valence-corrected chi connectivity index (χ4v) is 2.18. The molecule has 1 aromatic carbocycles. The van der Waals surface area contributed by atoms with Crippen LogP contribution in [0, 0.1) is 11.7 Å². The van der Waals surface area contributed by atoms with Crippen molar-refractivity contribution in [1.29, 1.82) is 0 Å². The van der Waals surface area contributed by atoms with E-state index in [-0.39, 0.29) is 48.0 Å². The average Bonchev–Trinajstić information content (AvgIpc) is 2.98. The molecule has 0 aromatic heterocycles. The van der Waals surface area contributed by atoms with Crippen molar-refractivity contribution in [3.63, 3.8) is 0 Å². The summed E-state index contributed by atoms with van der Waals surface area (Å²) in [6, 6.07) is 4.94. The molecule has 1 aliphatic rings. The van der Waals surface area contributed by atoms with Crippen LogP contribution in [-0.2, 0) is 9.53 Å². The van der Waals surface area contributed by atoms with Crippen LogP contribution in [0.2, 0.25) is 0 Å². The van der Waals surface area contributed by atoms with E-state index in [0.29, 0.717) is 23.1 Å². The molecule has 0 amide bonds. The quantitative estimate of drug-likeness (QED) is 0.587. The first-order valence-corrected chi connectivity index (χ1v) is 6.04. The number of esters is 1. The molecule has 0 aliphatic heterocycles. The molecule has 0 saturated heterocycles. The van der Waals surface area contributed by atoms with E-state index in [4.69, 9.17) is 4.74 Å². The number of benzene rings is 1. The summed E-state index contributed by atoms with van der Waals surface area (Å²) in [6.07, 6.45) is 0.692. The van der Waals surface area contributed by atoms with E-state index in [2.05, 4.69) is 15.9 Å². The number of carbonyl (C=O) groups is 1. The third kappa shape index (κ3) is 3.82. The minimum Gasteiger partial charge on any atom is -0.870 e. The number of hydrogen-bond donors (Lipinski definition) is 0. The second-order valence-corrected chi connectivity index (χ2v) is 4.78. The van der Waals surface area contributed by atoms with Gasteiger partial charge in [-0.25, -0.2) is 4.39 Å². The van der Waals surface area contributed by atoms with Gasteiger partial charge in [0.25, 0.3) is 0 Å². The van der Waals surface area contributed by atoms with Gasteiger partial charge in [0.1, 0.15) is 5.82 Å². The fourth-order valence-electron chi connectivity index (χ4n) is 1.85. The molecule has 1 aromatic rings. The van der Waals surface area contributed by atoms with Crippen molar-refractivity contribution in [3.05, 3.63) is 34.1 Å².